The number of hydrogen-bond acceptors (Lipinski definition) is 5. The van der Waals surface area contributed by atoms with Gasteiger partial charge in [0.2, 0.25) is 0 Å². The molecule has 0 spiro atoms. The number of aliphatic hydroxyl groups excluding tert-OH is 1. The molecule has 0 bridgehead atoms. The first kappa shape index (κ1) is 24.5. The summed E-state index contributed by atoms with van der Waals surface area (Å²) in [6.07, 6.45) is 4.84. The number of β-amino-alcohol motifs (C(OH)–C–C–N with tert-alkyl or cyclic N) is 1. The number of nitrogens with zero attached hydrogens (tertiary/aromatic N) is 2. The van der Waals surface area contributed by atoms with Crippen LogP contribution in [-0.2, 0) is 16.0 Å². The summed E-state index contributed by atoms with van der Waals surface area (Å²) in [6.45, 7) is 5.90. The lowest BCUT2D eigenvalue weighted by molar-refractivity contribution is -0.128. The van der Waals surface area contributed by atoms with Crippen LogP contribution in [0.3, 0.4) is 0 Å². The van der Waals surface area contributed by atoms with Crippen LogP contribution in [0.4, 0.5) is 0 Å². The van der Waals surface area contributed by atoms with Crippen LogP contribution < -0.4 is 0 Å². The Kier molecular flexibility index (Phi) is 8.80. The molecule has 5 nitrogen and oxygen atoms in total. The Morgan fingerprint density at radius 1 is 0.824 bits per heavy atom. The lowest BCUT2D eigenvalue weighted by Crippen LogP contribution is -2.47. The molecule has 0 amide bonds. The van der Waals surface area contributed by atoms with Gasteiger partial charge in [0.15, 0.2) is 11.6 Å². The first-order chi connectivity index (χ1) is 16.7. The van der Waals surface area contributed by atoms with E-state index >= 15 is 0 Å². The van der Waals surface area contributed by atoms with E-state index in [4.69, 9.17) is 5.11 Å². The predicted octanol–water partition coefficient (Wildman–Crippen LogP) is 3.49. The largest absolute Gasteiger partial charge is 0.395 e. The zero-order valence-corrected chi connectivity index (χ0v) is 19.9. The van der Waals surface area contributed by atoms with Crippen molar-refractivity contribution in [3.8, 4) is 0 Å². The van der Waals surface area contributed by atoms with E-state index in [1.165, 1.54) is 0 Å². The van der Waals surface area contributed by atoms with E-state index in [9.17, 15) is 9.59 Å². The standard InChI is InChI=1S/C29H36N2O3/c32-20-19-31-17-15-30(16-18-31)14-8-7-13-26-28(33)25(21-23-9-3-1-4-10-23)22-27(29(26)34)24-11-5-2-6-12-24/h1-6,9-13,25,27,32H,7-8,14-22H2/b26-13+/t25-,27-/m0/s1. The molecule has 1 saturated carbocycles. The van der Waals surface area contributed by atoms with Gasteiger partial charge in [0, 0.05) is 44.6 Å². The van der Waals surface area contributed by atoms with E-state index in [-0.39, 0.29) is 30.0 Å². The normalized spacial score (nSPS) is 23.5. The van der Waals surface area contributed by atoms with Crippen LogP contribution in [-0.4, -0.2) is 72.3 Å². The molecule has 5 heteroatoms. The summed E-state index contributed by atoms with van der Waals surface area (Å²) in [5.74, 6) is -0.425. The van der Waals surface area contributed by atoms with Gasteiger partial charge in [-0.05, 0) is 43.4 Å². The number of rotatable bonds is 9. The molecule has 34 heavy (non-hydrogen) atoms. The van der Waals surface area contributed by atoms with Crippen LogP contribution in [0, 0.1) is 5.92 Å². The highest BCUT2D eigenvalue weighted by molar-refractivity contribution is 6.24. The van der Waals surface area contributed by atoms with Crippen molar-refractivity contribution in [3.05, 3.63) is 83.4 Å². The molecule has 1 aliphatic heterocycles. The molecular formula is C29H36N2O3. The minimum atomic E-state index is -0.251. The molecule has 180 valence electrons. The van der Waals surface area contributed by atoms with Crippen molar-refractivity contribution >= 4 is 11.6 Å². The maximum Gasteiger partial charge on any atom is 0.173 e. The van der Waals surface area contributed by atoms with Crippen molar-refractivity contribution in [1.82, 2.24) is 9.80 Å². The molecule has 4 rings (SSSR count). The van der Waals surface area contributed by atoms with Crippen molar-refractivity contribution in [1.29, 1.82) is 0 Å². The zero-order chi connectivity index (χ0) is 23.8. The fourth-order valence-corrected chi connectivity index (χ4v) is 5.22. The number of carbonyl (C=O) groups excluding carboxylic acids is 2. The molecule has 2 aromatic rings. The van der Waals surface area contributed by atoms with Crippen LogP contribution in [0.15, 0.2) is 72.3 Å². The Labute approximate surface area is 203 Å². The van der Waals surface area contributed by atoms with Gasteiger partial charge in [-0.3, -0.25) is 14.5 Å². The van der Waals surface area contributed by atoms with Gasteiger partial charge >= 0.3 is 0 Å². The van der Waals surface area contributed by atoms with Crippen molar-refractivity contribution in [2.45, 2.75) is 31.6 Å². The SMILES string of the molecule is O=C1/C(=C\CCCN2CCN(CCO)CC2)C(=O)[C@H](c2ccccc2)C[C@@H]1Cc1ccccc1. The number of aliphatic hydroxyl groups is 1. The number of ketones is 2. The van der Waals surface area contributed by atoms with Gasteiger partial charge in [-0.25, -0.2) is 0 Å². The number of carbonyl (C=O) groups is 2. The highest BCUT2D eigenvalue weighted by atomic mass is 16.3. The van der Waals surface area contributed by atoms with Crippen molar-refractivity contribution in [3.63, 3.8) is 0 Å². The Hall–Kier alpha value is -2.60. The summed E-state index contributed by atoms with van der Waals surface area (Å²) in [5, 5.41) is 9.10. The summed E-state index contributed by atoms with van der Waals surface area (Å²) in [6, 6.07) is 20.0. The highest BCUT2D eigenvalue weighted by Gasteiger charge is 2.39. The van der Waals surface area contributed by atoms with Crippen molar-refractivity contribution < 1.29 is 14.7 Å². The number of unbranched alkanes of at least 4 members (excludes halogenated alkanes) is 1. The van der Waals surface area contributed by atoms with Gasteiger partial charge in [0.05, 0.1) is 12.2 Å². The molecule has 2 aliphatic rings. The quantitative estimate of drug-likeness (QED) is 0.353. The second-order valence-electron chi connectivity index (χ2n) is 9.48. The van der Waals surface area contributed by atoms with Gasteiger partial charge < -0.3 is 10.0 Å². The van der Waals surface area contributed by atoms with E-state index in [1.807, 2.05) is 54.6 Å². The molecule has 1 aliphatic carbocycles. The minimum absolute atomic E-state index is 0.0126. The van der Waals surface area contributed by atoms with Crippen LogP contribution in [0.2, 0.25) is 0 Å². The van der Waals surface area contributed by atoms with E-state index in [0.717, 1.165) is 63.2 Å². The number of allylic oxidation sites excluding steroid dienone is 2. The third kappa shape index (κ3) is 6.29. The summed E-state index contributed by atoms with van der Waals surface area (Å²) in [4.78, 5) is 31.5. The van der Waals surface area contributed by atoms with E-state index in [2.05, 4.69) is 21.9 Å². The first-order valence-corrected chi connectivity index (χ1v) is 12.6. The van der Waals surface area contributed by atoms with Gasteiger partial charge in [0.1, 0.15) is 0 Å². The summed E-state index contributed by atoms with van der Waals surface area (Å²) < 4.78 is 0. The molecular weight excluding hydrogens is 424 g/mol. The predicted molar refractivity (Wildman–Crippen MR) is 135 cm³/mol. The molecule has 0 radical (unpaired) electrons. The number of Topliss-reactive ketones (excluding diaryl/α,β-unsaturated/α-hetero) is 2. The fraction of sp³-hybridized carbons (Fsp3) is 0.448. The van der Waals surface area contributed by atoms with Crippen molar-refractivity contribution in [2.75, 3.05) is 45.9 Å². The maximum atomic E-state index is 13.4. The Morgan fingerprint density at radius 3 is 2.09 bits per heavy atom. The summed E-state index contributed by atoms with van der Waals surface area (Å²) in [7, 11) is 0. The van der Waals surface area contributed by atoms with Crippen LogP contribution in [0.5, 0.6) is 0 Å². The summed E-state index contributed by atoms with van der Waals surface area (Å²) >= 11 is 0. The molecule has 1 N–H and O–H groups in total. The third-order valence-electron chi connectivity index (χ3n) is 7.17. The average Bonchev–Trinajstić information content (AvgIpc) is 2.87. The van der Waals surface area contributed by atoms with Crippen LogP contribution >= 0.6 is 0 Å². The third-order valence-corrected chi connectivity index (χ3v) is 7.17. The fourth-order valence-electron chi connectivity index (χ4n) is 5.22. The lowest BCUT2D eigenvalue weighted by atomic mass is 9.71. The smallest absolute Gasteiger partial charge is 0.173 e. The molecule has 0 aromatic heterocycles. The molecule has 2 aromatic carbocycles. The molecule has 1 heterocycles. The number of hydrogen-bond donors (Lipinski definition) is 1. The van der Waals surface area contributed by atoms with Gasteiger partial charge in [-0.1, -0.05) is 66.7 Å². The molecule has 2 atom stereocenters. The topological polar surface area (TPSA) is 60.9 Å². The average molecular weight is 461 g/mol. The maximum absolute atomic E-state index is 13.4. The van der Waals surface area contributed by atoms with Gasteiger partial charge in [-0.15, -0.1) is 0 Å². The molecule has 0 unspecified atom stereocenters. The van der Waals surface area contributed by atoms with E-state index < -0.39 is 0 Å². The van der Waals surface area contributed by atoms with Gasteiger partial charge in [-0.2, -0.15) is 0 Å². The Balaban J connectivity index is 1.41. The second-order valence-corrected chi connectivity index (χ2v) is 9.48. The Morgan fingerprint density at radius 2 is 1.44 bits per heavy atom. The van der Waals surface area contributed by atoms with Crippen LogP contribution in [0.25, 0.3) is 0 Å². The monoisotopic (exact) mass is 460 g/mol. The summed E-state index contributed by atoms with van der Waals surface area (Å²) in [5.41, 5.74) is 2.56. The highest BCUT2D eigenvalue weighted by Crippen LogP contribution is 2.36. The minimum Gasteiger partial charge on any atom is -0.395 e. The van der Waals surface area contributed by atoms with Crippen LogP contribution in [0.1, 0.15) is 36.3 Å². The van der Waals surface area contributed by atoms with E-state index in [0.29, 0.717) is 18.4 Å². The number of benzene rings is 2. The van der Waals surface area contributed by atoms with Gasteiger partial charge in [0.25, 0.3) is 0 Å². The molecule has 2 fully saturated rings. The second kappa shape index (κ2) is 12.2. The molecule has 1 saturated heterocycles. The number of piperazine rings is 1. The zero-order valence-electron chi connectivity index (χ0n) is 19.9. The van der Waals surface area contributed by atoms with E-state index in [1.54, 1.807) is 0 Å². The van der Waals surface area contributed by atoms with Crippen molar-refractivity contribution in [2.24, 2.45) is 5.92 Å². The first-order valence-electron chi connectivity index (χ1n) is 12.6. The Bertz CT molecular complexity index is 965. The lowest BCUT2D eigenvalue weighted by Gasteiger charge is -2.34.